The van der Waals surface area contributed by atoms with Crippen LogP contribution in [0.1, 0.15) is 0 Å². The molecule has 0 radical (unpaired) electrons. The number of hydrogen-bond acceptors (Lipinski definition) is 2. The summed E-state index contributed by atoms with van der Waals surface area (Å²) < 4.78 is 18.1. The van der Waals surface area contributed by atoms with E-state index < -0.39 is 0 Å². The molecule has 0 spiro atoms. The number of nitrogens with zero attached hydrogens (tertiary/aromatic N) is 6. The van der Waals surface area contributed by atoms with Gasteiger partial charge < -0.3 is 23.0 Å². The molecule has 68 heavy (non-hydrogen) atoms. The van der Waals surface area contributed by atoms with Crippen LogP contribution >= 0.6 is 0 Å². The van der Waals surface area contributed by atoms with Crippen LogP contribution in [0.4, 0.5) is 0 Å². The molecule has 9 aromatic carbocycles. The van der Waals surface area contributed by atoms with Crippen molar-refractivity contribution in [3.63, 3.8) is 0 Å². The van der Waals surface area contributed by atoms with Crippen LogP contribution in [0.15, 0.2) is 219 Å². The van der Waals surface area contributed by atoms with Gasteiger partial charge >= 0.3 is 0 Å². The zero-order valence-corrected chi connectivity index (χ0v) is 38.5. The number of aromatic nitrogens is 6. The molecule has 14 aromatic rings. The number of benzene rings is 9. The summed E-state index contributed by atoms with van der Waals surface area (Å²) in [5, 5.41) is 6.76. The SMILES string of the molecule is [Pt].[c-]1c(Oc2[c-]c3c(cc2)c2c4c5ccccc5n(-c5ccccc5)c4c4c(c5ccccc5n4-c4ccccc4)c2n3-c2ccccn2)cccc1-[n+]1[c-]n(-c2ccccc2)c2ccccc21. The molecule has 7 nitrogen and oxygen atoms in total. The average molecular weight is 1050 g/mol. The third-order valence-corrected chi connectivity index (χ3v) is 13.0. The van der Waals surface area contributed by atoms with Crippen molar-refractivity contribution in [3.05, 3.63) is 237 Å². The van der Waals surface area contributed by atoms with Crippen LogP contribution in [-0.2, 0) is 21.1 Å². The Bertz CT molecular complexity index is 4230. The maximum Gasteiger partial charge on any atom is 0.268 e. The fourth-order valence-electron chi connectivity index (χ4n) is 10.3. The largest absolute Gasteiger partial charge is 0.510 e. The van der Waals surface area contributed by atoms with Gasteiger partial charge in [0.1, 0.15) is 5.82 Å². The van der Waals surface area contributed by atoms with Gasteiger partial charge in [0, 0.05) is 71.7 Å². The van der Waals surface area contributed by atoms with Crippen molar-refractivity contribution in [3.8, 4) is 40.1 Å². The molecule has 0 aliphatic rings. The van der Waals surface area contributed by atoms with E-state index in [1.54, 1.807) is 0 Å². The summed E-state index contributed by atoms with van der Waals surface area (Å²) in [4.78, 5) is 5.05. The van der Waals surface area contributed by atoms with Crippen molar-refractivity contribution in [2.75, 3.05) is 0 Å². The number of hydrogen-bond donors (Lipinski definition) is 0. The van der Waals surface area contributed by atoms with Gasteiger partial charge in [0.2, 0.25) is 0 Å². The maximum atomic E-state index is 6.79. The monoisotopic (exact) mass is 1050 g/mol. The Morgan fingerprint density at radius 2 is 0.971 bits per heavy atom. The Labute approximate surface area is 404 Å². The van der Waals surface area contributed by atoms with Crippen molar-refractivity contribution in [1.29, 1.82) is 0 Å². The summed E-state index contributed by atoms with van der Waals surface area (Å²) >= 11 is 0. The molecular formula is C60H36N6OPt-2. The minimum absolute atomic E-state index is 0. The van der Waals surface area contributed by atoms with Crippen LogP contribution in [0.3, 0.4) is 0 Å². The van der Waals surface area contributed by atoms with Crippen LogP contribution in [0.5, 0.6) is 11.5 Å². The van der Waals surface area contributed by atoms with Crippen LogP contribution in [0.2, 0.25) is 0 Å². The zero-order valence-electron chi connectivity index (χ0n) is 36.2. The number of pyridine rings is 1. The fraction of sp³-hybridized carbons (Fsp3) is 0. The third kappa shape index (κ3) is 5.96. The quantitative estimate of drug-likeness (QED) is 0.118. The molecule has 5 aromatic heterocycles. The minimum atomic E-state index is 0. The number of ether oxygens (including phenoxy) is 1. The van der Waals surface area contributed by atoms with Gasteiger partial charge in [-0.25, -0.2) is 4.98 Å². The van der Waals surface area contributed by atoms with E-state index in [0.717, 1.165) is 105 Å². The zero-order chi connectivity index (χ0) is 44.0. The van der Waals surface area contributed by atoms with Crippen molar-refractivity contribution >= 4 is 76.5 Å². The summed E-state index contributed by atoms with van der Waals surface area (Å²) in [6, 6.07) is 81.3. The van der Waals surface area contributed by atoms with Gasteiger partial charge in [-0.1, -0.05) is 127 Å². The number of para-hydroxylation sites is 7. The van der Waals surface area contributed by atoms with Crippen LogP contribution in [0.25, 0.3) is 105 Å². The van der Waals surface area contributed by atoms with E-state index in [4.69, 9.17) is 9.72 Å². The predicted molar refractivity (Wildman–Crippen MR) is 269 cm³/mol. The van der Waals surface area contributed by atoms with Crippen LogP contribution in [0, 0.1) is 18.5 Å². The Hall–Kier alpha value is -8.51. The Kier molecular flexibility index (Phi) is 9.27. The summed E-state index contributed by atoms with van der Waals surface area (Å²) in [7, 11) is 0. The predicted octanol–water partition coefficient (Wildman–Crippen LogP) is 13.8. The van der Waals surface area contributed by atoms with E-state index in [1.165, 1.54) is 0 Å². The minimum Gasteiger partial charge on any atom is -0.510 e. The summed E-state index contributed by atoms with van der Waals surface area (Å²) in [6.07, 6.45) is 5.44. The molecule has 0 N–H and O–H groups in total. The smallest absolute Gasteiger partial charge is 0.268 e. The maximum absolute atomic E-state index is 6.79. The van der Waals surface area contributed by atoms with Crippen LogP contribution < -0.4 is 9.30 Å². The third-order valence-electron chi connectivity index (χ3n) is 13.0. The average Bonchev–Trinajstić information content (AvgIpc) is 4.14. The van der Waals surface area contributed by atoms with E-state index in [-0.39, 0.29) is 21.1 Å². The van der Waals surface area contributed by atoms with Crippen molar-refractivity contribution in [1.82, 2.24) is 23.3 Å². The van der Waals surface area contributed by atoms with E-state index in [9.17, 15) is 0 Å². The molecule has 0 aliphatic heterocycles. The molecule has 14 rings (SSSR count). The van der Waals surface area contributed by atoms with Gasteiger partial charge in [-0.2, -0.15) is 18.2 Å². The Morgan fingerprint density at radius 1 is 0.412 bits per heavy atom. The normalized spacial score (nSPS) is 11.7. The molecule has 0 aliphatic carbocycles. The summed E-state index contributed by atoms with van der Waals surface area (Å²) in [5.41, 5.74) is 12.5. The molecule has 5 heterocycles. The number of rotatable bonds is 7. The number of fused-ring (bicyclic) bond motifs is 13. The first-order valence-electron chi connectivity index (χ1n) is 22.4. The van der Waals surface area contributed by atoms with Crippen molar-refractivity contribution < 1.29 is 30.4 Å². The summed E-state index contributed by atoms with van der Waals surface area (Å²) in [5.74, 6) is 1.91. The topological polar surface area (TPSA) is 45.7 Å². The van der Waals surface area contributed by atoms with Gasteiger partial charge in [-0.15, -0.1) is 29.7 Å². The first-order chi connectivity index (χ1) is 33.3. The van der Waals surface area contributed by atoms with Gasteiger partial charge in [-0.3, -0.25) is 4.57 Å². The molecule has 0 saturated heterocycles. The first-order valence-corrected chi connectivity index (χ1v) is 22.4. The van der Waals surface area contributed by atoms with Gasteiger partial charge in [0.25, 0.3) is 6.33 Å². The van der Waals surface area contributed by atoms with Crippen LogP contribution in [-0.4, -0.2) is 23.3 Å². The van der Waals surface area contributed by atoms with E-state index in [2.05, 4.69) is 194 Å². The van der Waals surface area contributed by atoms with Crippen molar-refractivity contribution in [2.45, 2.75) is 0 Å². The van der Waals surface area contributed by atoms with E-state index >= 15 is 0 Å². The Balaban J connectivity index is 0.00000457. The van der Waals surface area contributed by atoms with Gasteiger partial charge in [0.15, 0.2) is 0 Å². The van der Waals surface area contributed by atoms with Gasteiger partial charge in [-0.05, 0) is 71.7 Å². The molecule has 8 heteroatoms. The molecule has 0 unspecified atom stereocenters. The Morgan fingerprint density at radius 3 is 1.65 bits per heavy atom. The molecule has 0 atom stereocenters. The molecule has 0 amide bonds. The second kappa shape index (κ2) is 15.8. The van der Waals surface area contributed by atoms with E-state index in [0.29, 0.717) is 11.5 Å². The standard InChI is InChI=1S/C60H36N6O.Pt/c1-4-19-40(20-5-1)62-39-63(52-32-15-14-31-51(52)62)43-25-18-26-44(37-43)67-45-34-35-48-53(38-45)66(54-33-16-17-36-61-54)58-55(48)56-46-27-10-12-29-49(46)64(41-21-6-2-7-22-41)59(56)60-57(58)47-28-11-13-30-50(47)65(60)42-23-8-3-9-24-42;/h1-36H;/q-2;. The summed E-state index contributed by atoms with van der Waals surface area (Å²) in [6.45, 7) is 0. The molecule has 0 fully saturated rings. The fourth-order valence-corrected chi connectivity index (χ4v) is 10.3. The van der Waals surface area contributed by atoms with Gasteiger partial charge in [0.05, 0.1) is 44.3 Å². The molecule has 0 bridgehead atoms. The molecule has 0 saturated carbocycles. The second-order valence-electron chi connectivity index (χ2n) is 16.8. The van der Waals surface area contributed by atoms with E-state index in [1.807, 2.05) is 65.4 Å². The molecular weight excluding hydrogens is 1020 g/mol. The van der Waals surface area contributed by atoms with Crippen molar-refractivity contribution in [2.24, 2.45) is 0 Å². The molecule has 324 valence electrons. The first kappa shape index (κ1) is 39.8. The second-order valence-corrected chi connectivity index (χ2v) is 16.8. The number of imidazole rings is 1.